The molecule has 0 bridgehead atoms. The lowest BCUT2D eigenvalue weighted by atomic mass is 9.93. The minimum atomic E-state index is 0.147. The number of aromatic nitrogens is 1. The van der Waals surface area contributed by atoms with Gasteiger partial charge in [0.15, 0.2) is 0 Å². The molecule has 1 saturated carbocycles. The smallest absolute Gasteiger partial charge is 0.0349 e. The van der Waals surface area contributed by atoms with Crippen LogP contribution >= 0.6 is 0 Å². The van der Waals surface area contributed by atoms with Gasteiger partial charge in [0.1, 0.15) is 0 Å². The zero-order valence-electron chi connectivity index (χ0n) is 11.4. The molecular formula is C17H22N2. The van der Waals surface area contributed by atoms with Gasteiger partial charge in [-0.25, -0.2) is 0 Å². The summed E-state index contributed by atoms with van der Waals surface area (Å²) in [6, 6.07) is 8.59. The molecular weight excluding hydrogens is 232 g/mol. The second kappa shape index (κ2) is 5.70. The monoisotopic (exact) mass is 254 g/mol. The Bertz CT molecular complexity index is 538. The van der Waals surface area contributed by atoms with E-state index < -0.39 is 0 Å². The summed E-state index contributed by atoms with van der Waals surface area (Å²) in [4.78, 5) is 4.24. The average Bonchev–Trinajstić information content (AvgIpc) is 2.97. The number of nitrogens with two attached hydrogens (primary N) is 1. The number of nitrogens with zero attached hydrogens (tertiary/aromatic N) is 1. The summed E-state index contributed by atoms with van der Waals surface area (Å²) in [7, 11) is 0. The van der Waals surface area contributed by atoms with Crippen LogP contribution in [0.2, 0.25) is 0 Å². The maximum Gasteiger partial charge on any atom is 0.0349 e. The van der Waals surface area contributed by atoms with E-state index in [9.17, 15) is 0 Å². The summed E-state index contributed by atoms with van der Waals surface area (Å²) in [5, 5.41) is 2.45. The molecule has 2 N–H and O–H groups in total. The van der Waals surface area contributed by atoms with E-state index >= 15 is 0 Å². The summed E-state index contributed by atoms with van der Waals surface area (Å²) in [5.41, 5.74) is 7.66. The fraction of sp³-hybridized carbons (Fsp3) is 0.471. The van der Waals surface area contributed by atoms with Crippen LogP contribution in [0.4, 0.5) is 0 Å². The summed E-state index contributed by atoms with van der Waals surface area (Å²) in [6.07, 6.45) is 11.8. The molecule has 0 radical (unpaired) electrons. The van der Waals surface area contributed by atoms with Crippen molar-refractivity contribution in [2.45, 2.75) is 44.6 Å². The number of hydrogen-bond acceptors (Lipinski definition) is 2. The van der Waals surface area contributed by atoms with Crippen molar-refractivity contribution in [1.82, 2.24) is 4.98 Å². The van der Waals surface area contributed by atoms with Crippen LogP contribution in [-0.4, -0.2) is 4.98 Å². The van der Waals surface area contributed by atoms with Gasteiger partial charge in [0, 0.05) is 23.8 Å². The minimum Gasteiger partial charge on any atom is -0.324 e. The normalized spacial score (nSPS) is 17.9. The van der Waals surface area contributed by atoms with Gasteiger partial charge < -0.3 is 5.73 Å². The lowest BCUT2D eigenvalue weighted by Crippen LogP contribution is -2.12. The van der Waals surface area contributed by atoms with Crippen LogP contribution in [0.1, 0.15) is 50.1 Å². The maximum absolute atomic E-state index is 6.41. The van der Waals surface area contributed by atoms with Crippen LogP contribution in [0.15, 0.2) is 36.7 Å². The Kier molecular flexibility index (Phi) is 3.79. The molecule has 0 spiro atoms. The first kappa shape index (κ1) is 12.6. The van der Waals surface area contributed by atoms with Gasteiger partial charge in [-0.2, -0.15) is 0 Å². The second-order valence-corrected chi connectivity index (χ2v) is 5.78. The molecule has 0 amide bonds. The van der Waals surface area contributed by atoms with Crippen molar-refractivity contribution in [2.75, 3.05) is 0 Å². The predicted octanol–water partition coefficient (Wildman–Crippen LogP) is 4.21. The average molecular weight is 254 g/mol. The molecule has 2 aromatic rings. The van der Waals surface area contributed by atoms with Crippen LogP contribution in [0.3, 0.4) is 0 Å². The first-order valence-electron chi connectivity index (χ1n) is 7.43. The molecule has 100 valence electrons. The number of pyridine rings is 1. The highest BCUT2D eigenvalue weighted by atomic mass is 14.6. The quantitative estimate of drug-likeness (QED) is 0.887. The topological polar surface area (TPSA) is 38.9 Å². The maximum atomic E-state index is 6.41. The van der Waals surface area contributed by atoms with Gasteiger partial charge in [-0.15, -0.1) is 0 Å². The number of benzene rings is 1. The van der Waals surface area contributed by atoms with Crippen molar-refractivity contribution >= 4 is 10.8 Å². The molecule has 1 aliphatic rings. The highest BCUT2D eigenvalue weighted by Gasteiger charge is 2.17. The van der Waals surface area contributed by atoms with E-state index in [1.54, 1.807) is 0 Å². The lowest BCUT2D eigenvalue weighted by Gasteiger charge is -2.16. The van der Waals surface area contributed by atoms with Crippen LogP contribution in [0.5, 0.6) is 0 Å². The van der Waals surface area contributed by atoms with Crippen LogP contribution < -0.4 is 5.73 Å². The molecule has 1 unspecified atom stereocenters. The lowest BCUT2D eigenvalue weighted by molar-refractivity contribution is 0.455. The summed E-state index contributed by atoms with van der Waals surface area (Å²) in [6.45, 7) is 0. The zero-order valence-corrected chi connectivity index (χ0v) is 11.4. The molecule has 2 heteroatoms. The van der Waals surface area contributed by atoms with Gasteiger partial charge in [-0.1, -0.05) is 43.9 Å². The first-order valence-corrected chi connectivity index (χ1v) is 7.43. The van der Waals surface area contributed by atoms with Gasteiger partial charge in [-0.3, -0.25) is 4.98 Å². The highest BCUT2D eigenvalue weighted by Crippen LogP contribution is 2.32. The van der Waals surface area contributed by atoms with Crippen molar-refractivity contribution in [2.24, 2.45) is 11.7 Å². The number of rotatable bonds is 4. The Morgan fingerprint density at radius 1 is 1.21 bits per heavy atom. The van der Waals surface area contributed by atoms with Gasteiger partial charge in [0.25, 0.3) is 0 Å². The van der Waals surface area contributed by atoms with E-state index in [0.717, 1.165) is 12.3 Å². The first-order chi connectivity index (χ1) is 9.34. The van der Waals surface area contributed by atoms with E-state index in [4.69, 9.17) is 5.73 Å². The van der Waals surface area contributed by atoms with Gasteiger partial charge in [0.05, 0.1) is 0 Å². The SMILES string of the molecule is NC(CCC1CCCC1)c1cccc2ccncc12. The third-order valence-electron chi connectivity index (χ3n) is 4.48. The van der Waals surface area contributed by atoms with Crippen LogP contribution in [-0.2, 0) is 0 Å². The van der Waals surface area contributed by atoms with Crippen molar-refractivity contribution in [3.8, 4) is 0 Å². The Balaban J connectivity index is 1.75. The minimum absolute atomic E-state index is 0.147. The van der Waals surface area contributed by atoms with E-state index in [1.807, 2.05) is 12.4 Å². The predicted molar refractivity (Wildman–Crippen MR) is 79.9 cm³/mol. The molecule has 0 saturated heterocycles. The standard InChI is InChI=1S/C17H22N2/c18-17(9-8-13-4-1-2-5-13)15-7-3-6-14-10-11-19-12-16(14)15/h3,6-7,10-13,17H,1-2,4-5,8-9,18H2. The zero-order chi connectivity index (χ0) is 13.1. The van der Waals surface area contributed by atoms with E-state index in [0.29, 0.717) is 0 Å². The molecule has 1 aliphatic carbocycles. The van der Waals surface area contributed by atoms with Gasteiger partial charge >= 0.3 is 0 Å². The van der Waals surface area contributed by atoms with E-state index in [2.05, 4.69) is 29.2 Å². The summed E-state index contributed by atoms with van der Waals surface area (Å²) in [5.74, 6) is 0.916. The third-order valence-corrected chi connectivity index (χ3v) is 4.48. The molecule has 1 aromatic heterocycles. The highest BCUT2D eigenvalue weighted by molar-refractivity contribution is 5.85. The summed E-state index contributed by atoms with van der Waals surface area (Å²) >= 11 is 0. The largest absolute Gasteiger partial charge is 0.324 e. The molecule has 2 nitrogen and oxygen atoms in total. The second-order valence-electron chi connectivity index (χ2n) is 5.78. The fourth-order valence-corrected chi connectivity index (χ4v) is 3.33. The Morgan fingerprint density at radius 3 is 2.89 bits per heavy atom. The van der Waals surface area contributed by atoms with Crippen molar-refractivity contribution in [3.05, 3.63) is 42.2 Å². The molecule has 19 heavy (non-hydrogen) atoms. The summed E-state index contributed by atoms with van der Waals surface area (Å²) < 4.78 is 0. The van der Waals surface area contributed by atoms with Gasteiger partial charge in [-0.05, 0) is 35.8 Å². The molecule has 0 aliphatic heterocycles. The molecule has 1 heterocycles. The van der Waals surface area contributed by atoms with Crippen molar-refractivity contribution < 1.29 is 0 Å². The van der Waals surface area contributed by atoms with Crippen LogP contribution in [0.25, 0.3) is 10.8 Å². The third kappa shape index (κ3) is 2.79. The number of hydrogen-bond donors (Lipinski definition) is 1. The van der Waals surface area contributed by atoms with Crippen LogP contribution in [0, 0.1) is 5.92 Å². The number of fused-ring (bicyclic) bond motifs is 1. The molecule has 1 fully saturated rings. The van der Waals surface area contributed by atoms with E-state index in [-0.39, 0.29) is 6.04 Å². The Hall–Kier alpha value is -1.41. The van der Waals surface area contributed by atoms with Crippen molar-refractivity contribution in [3.63, 3.8) is 0 Å². The van der Waals surface area contributed by atoms with Gasteiger partial charge in [0.2, 0.25) is 0 Å². The van der Waals surface area contributed by atoms with E-state index in [1.165, 1.54) is 48.4 Å². The molecule has 3 rings (SSSR count). The Labute approximate surface area is 115 Å². The Morgan fingerprint density at radius 2 is 2.05 bits per heavy atom. The van der Waals surface area contributed by atoms with Crippen molar-refractivity contribution in [1.29, 1.82) is 0 Å². The molecule has 1 atom stereocenters. The fourth-order valence-electron chi connectivity index (χ4n) is 3.33. The molecule has 1 aromatic carbocycles.